The first kappa shape index (κ1) is 15.1. The molecular formula is C18H17N3O2S. The number of pyridine rings is 1. The summed E-state index contributed by atoms with van der Waals surface area (Å²) in [5, 5.41) is 4.10. The van der Waals surface area contributed by atoms with Gasteiger partial charge in [0.05, 0.1) is 11.2 Å². The lowest BCUT2D eigenvalue weighted by Crippen LogP contribution is -2.25. The molecule has 0 atom stereocenters. The van der Waals surface area contributed by atoms with Gasteiger partial charge in [0, 0.05) is 18.1 Å². The van der Waals surface area contributed by atoms with Crippen molar-refractivity contribution in [3.63, 3.8) is 0 Å². The number of sulfonamides is 1. The molecular weight excluding hydrogens is 322 g/mol. The molecule has 1 aromatic heterocycles. The van der Waals surface area contributed by atoms with E-state index in [2.05, 4.69) is 15.0 Å². The Morgan fingerprint density at radius 3 is 2.79 bits per heavy atom. The van der Waals surface area contributed by atoms with Gasteiger partial charge in [-0.05, 0) is 42.3 Å². The van der Waals surface area contributed by atoms with Crippen LogP contribution in [0, 0.1) is 0 Å². The minimum atomic E-state index is -3.71. The maximum atomic E-state index is 12.9. The molecule has 2 N–H and O–H groups in total. The number of aromatic nitrogens is 1. The lowest BCUT2D eigenvalue weighted by Gasteiger charge is -2.21. The van der Waals surface area contributed by atoms with E-state index in [-0.39, 0.29) is 4.90 Å². The highest BCUT2D eigenvalue weighted by Gasteiger charge is 2.21. The predicted octanol–water partition coefficient (Wildman–Crippen LogP) is 2.68. The van der Waals surface area contributed by atoms with E-state index in [0.29, 0.717) is 11.2 Å². The Bertz CT molecular complexity index is 1010. The highest BCUT2D eigenvalue weighted by Crippen LogP contribution is 2.27. The lowest BCUT2D eigenvalue weighted by molar-refractivity contribution is 0.601. The summed E-state index contributed by atoms with van der Waals surface area (Å²) in [5.74, 6) is 0. The van der Waals surface area contributed by atoms with Crippen molar-refractivity contribution >= 4 is 26.6 Å². The molecule has 24 heavy (non-hydrogen) atoms. The molecule has 2 aromatic carbocycles. The predicted molar refractivity (Wildman–Crippen MR) is 94.4 cm³/mol. The van der Waals surface area contributed by atoms with Gasteiger partial charge in [0.15, 0.2) is 0 Å². The van der Waals surface area contributed by atoms with Crippen molar-refractivity contribution in [2.75, 3.05) is 11.3 Å². The molecule has 0 saturated carbocycles. The average molecular weight is 339 g/mol. The molecule has 3 aromatic rings. The van der Waals surface area contributed by atoms with E-state index in [9.17, 15) is 8.42 Å². The number of anilines is 1. The second-order valence-corrected chi connectivity index (χ2v) is 7.46. The van der Waals surface area contributed by atoms with E-state index in [1.54, 1.807) is 24.4 Å². The van der Waals surface area contributed by atoms with Crippen molar-refractivity contribution in [2.45, 2.75) is 17.9 Å². The van der Waals surface area contributed by atoms with Gasteiger partial charge in [0.25, 0.3) is 10.0 Å². The third-order valence-corrected chi connectivity index (χ3v) is 5.67. The van der Waals surface area contributed by atoms with Gasteiger partial charge in [0.2, 0.25) is 0 Å². The number of fused-ring (bicyclic) bond motifs is 2. The Labute approximate surface area is 140 Å². The van der Waals surface area contributed by atoms with E-state index in [1.807, 2.05) is 30.3 Å². The zero-order chi connectivity index (χ0) is 16.6. The molecule has 0 fully saturated rings. The Hall–Kier alpha value is -2.44. The molecule has 0 radical (unpaired) electrons. The molecule has 2 heterocycles. The molecule has 5 nitrogen and oxygen atoms in total. The van der Waals surface area contributed by atoms with Crippen LogP contribution in [0.2, 0.25) is 0 Å². The number of nitrogens with zero attached hydrogens (tertiary/aromatic N) is 1. The Kier molecular flexibility index (Phi) is 3.70. The summed E-state index contributed by atoms with van der Waals surface area (Å²) < 4.78 is 28.6. The van der Waals surface area contributed by atoms with Crippen LogP contribution in [0.25, 0.3) is 10.9 Å². The maximum absolute atomic E-state index is 12.9. The second kappa shape index (κ2) is 5.89. The fourth-order valence-corrected chi connectivity index (χ4v) is 4.39. The number of hydrogen-bond donors (Lipinski definition) is 2. The molecule has 4 rings (SSSR count). The van der Waals surface area contributed by atoms with Gasteiger partial charge in [-0.2, -0.15) is 0 Å². The molecule has 0 spiro atoms. The molecule has 0 amide bonds. The highest BCUT2D eigenvalue weighted by atomic mass is 32.2. The molecule has 0 saturated heterocycles. The van der Waals surface area contributed by atoms with Gasteiger partial charge in [-0.1, -0.05) is 30.3 Å². The van der Waals surface area contributed by atoms with Gasteiger partial charge in [-0.15, -0.1) is 0 Å². The standard InChI is InChI=1S/C18H17N3O2S/c22-24(23,17-8-2-4-13-6-3-10-20-18(13)17)21-16-7-1-5-14-12-19-11-9-15(14)16/h1-8,10,19,21H,9,11-12H2. The van der Waals surface area contributed by atoms with Crippen LogP contribution < -0.4 is 10.0 Å². The monoisotopic (exact) mass is 339 g/mol. The number of nitrogens with one attached hydrogen (secondary N) is 2. The molecule has 0 unspecified atom stereocenters. The van der Waals surface area contributed by atoms with Crippen molar-refractivity contribution in [3.05, 3.63) is 65.9 Å². The normalized spacial score (nSPS) is 14.3. The number of benzene rings is 2. The summed E-state index contributed by atoms with van der Waals surface area (Å²) in [5.41, 5.74) is 3.34. The smallest absolute Gasteiger partial charge is 0.264 e. The van der Waals surface area contributed by atoms with Gasteiger partial charge >= 0.3 is 0 Å². The molecule has 0 bridgehead atoms. The molecule has 1 aliphatic heterocycles. The van der Waals surface area contributed by atoms with Crippen LogP contribution in [-0.4, -0.2) is 19.9 Å². The average Bonchev–Trinajstić information content (AvgIpc) is 2.61. The van der Waals surface area contributed by atoms with Crippen LogP contribution in [0.15, 0.2) is 59.6 Å². The summed E-state index contributed by atoms with van der Waals surface area (Å²) in [6.07, 6.45) is 2.42. The number of hydrogen-bond acceptors (Lipinski definition) is 4. The molecule has 0 aliphatic carbocycles. The van der Waals surface area contributed by atoms with Crippen molar-refractivity contribution < 1.29 is 8.42 Å². The zero-order valence-corrected chi connectivity index (χ0v) is 13.8. The third-order valence-electron chi connectivity index (χ3n) is 4.27. The summed E-state index contributed by atoms with van der Waals surface area (Å²) in [4.78, 5) is 4.45. The quantitative estimate of drug-likeness (QED) is 0.770. The number of para-hydroxylation sites is 1. The van der Waals surface area contributed by atoms with Crippen molar-refractivity contribution in [2.24, 2.45) is 0 Å². The Morgan fingerprint density at radius 1 is 1.04 bits per heavy atom. The second-order valence-electron chi connectivity index (χ2n) is 5.81. The lowest BCUT2D eigenvalue weighted by atomic mass is 9.99. The van der Waals surface area contributed by atoms with E-state index in [4.69, 9.17) is 0 Å². The number of rotatable bonds is 3. The minimum absolute atomic E-state index is 0.201. The molecule has 122 valence electrons. The fourth-order valence-electron chi connectivity index (χ4n) is 3.12. The highest BCUT2D eigenvalue weighted by molar-refractivity contribution is 7.93. The van der Waals surface area contributed by atoms with Crippen LogP contribution >= 0.6 is 0 Å². The van der Waals surface area contributed by atoms with Crippen LogP contribution in [-0.2, 0) is 23.0 Å². The van der Waals surface area contributed by atoms with E-state index >= 15 is 0 Å². The van der Waals surface area contributed by atoms with Crippen LogP contribution in [0.4, 0.5) is 5.69 Å². The van der Waals surface area contributed by atoms with Crippen LogP contribution in [0.3, 0.4) is 0 Å². The largest absolute Gasteiger partial charge is 0.312 e. The SMILES string of the molecule is O=S(=O)(Nc1cccc2c1CCNC2)c1cccc2cccnc12. The molecule has 6 heteroatoms. The minimum Gasteiger partial charge on any atom is -0.312 e. The fraction of sp³-hybridized carbons (Fsp3) is 0.167. The Morgan fingerprint density at radius 2 is 1.88 bits per heavy atom. The van der Waals surface area contributed by atoms with Crippen LogP contribution in [0.5, 0.6) is 0 Å². The summed E-state index contributed by atoms with van der Waals surface area (Å²) >= 11 is 0. The van der Waals surface area contributed by atoms with E-state index in [1.165, 1.54) is 0 Å². The first-order chi connectivity index (χ1) is 11.6. The van der Waals surface area contributed by atoms with Crippen molar-refractivity contribution in [1.82, 2.24) is 10.3 Å². The summed E-state index contributed by atoms with van der Waals surface area (Å²) in [6, 6.07) is 14.6. The van der Waals surface area contributed by atoms with Gasteiger partial charge in [0.1, 0.15) is 4.90 Å². The summed E-state index contributed by atoms with van der Waals surface area (Å²) in [6.45, 7) is 1.61. The van der Waals surface area contributed by atoms with Crippen molar-refractivity contribution in [1.29, 1.82) is 0 Å². The van der Waals surface area contributed by atoms with Gasteiger partial charge < -0.3 is 5.32 Å². The summed E-state index contributed by atoms with van der Waals surface area (Å²) in [7, 11) is -3.71. The maximum Gasteiger partial charge on any atom is 0.264 e. The first-order valence-electron chi connectivity index (χ1n) is 7.83. The molecule has 1 aliphatic rings. The third kappa shape index (κ3) is 2.64. The van der Waals surface area contributed by atoms with E-state index < -0.39 is 10.0 Å². The topological polar surface area (TPSA) is 71.1 Å². The van der Waals surface area contributed by atoms with Crippen molar-refractivity contribution in [3.8, 4) is 0 Å². The zero-order valence-electron chi connectivity index (χ0n) is 13.0. The Balaban J connectivity index is 1.79. The van der Waals surface area contributed by atoms with Gasteiger partial charge in [-0.3, -0.25) is 9.71 Å². The van der Waals surface area contributed by atoms with E-state index in [0.717, 1.165) is 36.0 Å². The van der Waals surface area contributed by atoms with Gasteiger partial charge in [-0.25, -0.2) is 8.42 Å². The van der Waals surface area contributed by atoms with Crippen LogP contribution in [0.1, 0.15) is 11.1 Å². The first-order valence-corrected chi connectivity index (χ1v) is 9.31.